The molecule has 2 aromatic rings. The molecule has 0 fully saturated rings. The van der Waals surface area contributed by atoms with E-state index in [1.54, 1.807) is 19.1 Å². The number of carbonyl (C=O) groups excluding carboxylic acids is 1. The van der Waals surface area contributed by atoms with E-state index in [1.807, 2.05) is 0 Å². The van der Waals surface area contributed by atoms with Crippen molar-refractivity contribution in [2.45, 2.75) is 13.0 Å². The average molecular weight is 291 g/mol. The van der Waals surface area contributed by atoms with Gasteiger partial charge in [0, 0.05) is 11.3 Å². The van der Waals surface area contributed by atoms with Gasteiger partial charge in [-0.2, -0.15) is 0 Å². The normalized spacial score (nSPS) is 11.8. The van der Waals surface area contributed by atoms with Gasteiger partial charge in [-0.3, -0.25) is 0 Å². The van der Waals surface area contributed by atoms with Crippen LogP contribution in [0.4, 0.5) is 14.5 Å². The molecule has 0 saturated heterocycles. The van der Waals surface area contributed by atoms with Gasteiger partial charge >= 0.3 is 5.97 Å². The first-order valence-corrected chi connectivity index (χ1v) is 6.55. The summed E-state index contributed by atoms with van der Waals surface area (Å²) in [6.45, 7) is 1.86. The van der Waals surface area contributed by atoms with Crippen molar-refractivity contribution in [3.8, 4) is 0 Å². The van der Waals surface area contributed by atoms with Crippen molar-refractivity contribution in [3.05, 3.63) is 65.7 Å². The van der Waals surface area contributed by atoms with Gasteiger partial charge in [-0.1, -0.05) is 18.2 Å². The fourth-order valence-corrected chi connectivity index (χ4v) is 1.91. The molecule has 0 aliphatic carbocycles. The summed E-state index contributed by atoms with van der Waals surface area (Å²) >= 11 is 0. The third-order valence-electron chi connectivity index (χ3n) is 2.89. The lowest BCUT2D eigenvalue weighted by atomic mass is 10.1. The summed E-state index contributed by atoms with van der Waals surface area (Å²) in [5, 5.41) is 2.87. The van der Waals surface area contributed by atoms with E-state index >= 15 is 0 Å². The van der Waals surface area contributed by atoms with Crippen LogP contribution in [0.2, 0.25) is 0 Å². The van der Waals surface area contributed by atoms with E-state index in [9.17, 15) is 13.6 Å². The highest BCUT2D eigenvalue weighted by molar-refractivity contribution is 5.81. The molecule has 21 heavy (non-hydrogen) atoms. The van der Waals surface area contributed by atoms with Crippen molar-refractivity contribution >= 4 is 11.7 Å². The third kappa shape index (κ3) is 3.78. The molecule has 2 rings (SSSR count). The number of nitrogens with one attached hydrogen (secondary N) is 1. The van der Waals surface area contributed by atoms with Crippen LogP contribution < -0.4 is 5.32 Å². The molecule has 1 unspecified atom stereocenters. The number of rotatable bonds is 5. The maximum atomic E-state index is 13.9. The molecule has 3 nitrogen and oxygen atoms in total. The van der Waals surface area contributed by atoms with E-state index in [-0.39, 0.29) is 18.0 Å². The van der Waals surface area contributed by atoms with Crippen LogP contribution in [-0.2, 0) is 9.53 Å². The molecule has 1 atom stereocenters. The molecule has 0 aromatic heterocycles. The number of benzene rings is 2. The van der Waals surface area contributed by atoms with E-state index in [0.29, 0.717) is 5.69 Å². The average Bonchev–Trinajstić information content (AvgIpc) is 2.48. The molecule has 0 amide bonds. The summed E-state index contributed by atoms with van der Waals surface area (Å²) in [6, 6.07) is 10.4. The Morgan fingerprint density at radius 1 is 1.14 bits per heavy atom. The van der Waals surface area contributed by atoms with Gasteiger partial charge < -0.3 is 10.1 Å². The molecule has 0 radical (unpaired) electrons. The minimum atomic E-state index is -0.989. The van der Waals surface area contributed by atoms with E-state index in [1.165, 1.54) is 36.4 Å². The van der Waals surface area contributed by atoms with E-state index < -0.39 is 17.8 Å². The Hall–Kier alpha value is -2.43. The highest BCUT2D eigenvalue weighted by atomic mass is 19.1. The molecule has 0 aliphatic rings. The second-order valence-electron chi connectivity index (χ2n) is 4.36. The molecule has 0 bridgehead atoms. The monoisotopic (exact) mass is 291 g/mol. The summed E-state index contributed by atoms with van der Waals surface area (Å²) in [5.41, 5.74) is 0.679. The molecule has 5 heteroatoms. The van der Waals surface area contributed by atoms with Crippen LogP contribution >= 0.6 is 0 Å². The Bertz CT molecular complexity index is 614. The molecular weight excluding hydrogens is 276 g/mol. The standard InChI is InChI=1S/C16H15F2NO2/c1-2-21-16(20)15(13-5-3-4-6-14(13)18)19-12-9-7-11(17)8-10-12/h3-10,15,19H,2H2,1H3. The second kappa shape index (κ2) is 6.83. The number of esters is 1. The van der Waals surface area contributed by atoms with Crippen molar-refractivity contribution in [3.63, 3.8) is 0 Å². The van der Waals surface area contributed by atoms with Crippen molar-refractivity contribution in [2.24, 2.45) is 0 Å². The van der Waals surface area contributed by atoms with Crippen LogP contribution in [-0.4, -0.2) is 12.6 Å². The van der Waals surface area contributed by atoms with Gasteiger partial charge in [0.05, 0.1) is 6.61 Å². The van der Waals surface area contributed by atoms with Crippen molar-refractivity contribution in [1.82, 2.24) is 0 Å². The zero-order chi connectivity index (χ0) is 15.2. The molecule has 0 spiro atoms. The number of anilines is 1. The predicted octanol–water partition coefficient (Wildman–Crippen LogP) is 3.68. The van der Waals surface area contributed by atoms with E-state index in [4.69, 9.17) is 4.74 Å². The van der Waals surface area contributed by atoms with Gasteiger partial charge in [0.15, 0.2) is 6.04 Å². The molecule has 0 heterocycles. The number of ether oxygens (including phenoxy) is 1. The maximum absolute atomic E-state index is 13.9. The first-order chi connectivity index (χ1) is 10.1. The fraction of sp³-hybridized carbons (Fsp3) is 0.188. The zero-order valence-electron chi connectivity index (χ0n) is 11.5. The van der Waals surface area contributed by atoms with Crippen molar-refractivity contribution in [1.29, 1.82) is 0 Å². The molecule has 110 valence electrons. The lowest BCUT2D eigenvalue weighted by Crippen LogP contribution is -2.24. The highest BCUT2D eigenvalue weighted by Crippen LogP contribution is 2.23. The number of halogens is 2. The Morgan fingerprint density at radius 2 is 1.81 bits per heavy atom. The maximum Gasteiger partial charge on any atom is 0.333 e. The molecule has 0 saturated carbocycles. The second-order valence-corrected chi connectivity index (χ2v) is 4.36. The summed E-state index contributed by atoms with van der Waals surface area (Å²) in [6.07, 6.45) is 0. The minimum Gasteiger partial charge on any atom is -0.464 e. The van der Waals surface area contributed by atoms with E-state index in [0.717, 1.165) is 0 Å². The smallest absolute Gasteiger partial charge is 0.333 e. The van der Waals surface area contributed by atoms with Gasteiger partial charge in [-0.25, -0.2) is 13.6 Å². The van der Waals surface area contributed by atoms with Gasteiger partial charge in [0.1, 0.15) is 11.6 Å². The van der Waals surface area contributed by atoms with Crippen LogP contribution in [0.25, 0.3) is 0 Å². The largest absolute Gasteiger partial charge is 0.464 e. The zero-order valence-corrected chi connectivity index (χ0v) is 11.5. The van der Waals surface area contributed by atoms with Gasteiger partial charge in [-0.15, -0.1) is 0 Å². The highest BCUT2D eigenvalue weighted by Gasteiger charge is 2.24. The first-order valence-electron chi connectivity index (χ1n) is 6.55. The molecule has 0 aliphatic heterocycles. The van der Waals surface area contributed by atoms with Crippen LogP contribution in [0.3, 0.4) is 0 Å². The van der Waals surface area contributed by atoms with Crippen molar-refractivity contribution < 1.29 is 18.3 Å². The van der Waals surface area contributed by atoms with Crippen LogP contribution in [0.5, 0.6) is 0 Å². The van der Waals surface area contributed by atoms with Gasteiger partial charge in [0.25, 0.3) is 0 Å². The number of hydrogen-bond acceptors (Lipinski definition) is 3. The number of hydrogen-bond donors (Lipinski definition) is 1. The Balaban J connectivity index is 2.30. The van der Waals surface area contributed by atoms with E-state index in [2.05, 4.69) is 5.32 Å². The lowest BCUT2D eigenvalue weighted by Gasteiger charge is -2.19. The Labute approximate surface area is 121 Å². The number of carbonyl (C=O) groups is 1. The van der Waals surface area contributed by atoms with Crippen LogP contribution in [0.1, 0.15) is 18.5 Å². The van der Waals surface area contributed by atoms with Crippen molar-refractivity contribution in [2.75, 3.05) is 11.9 Å². The first kappa shape index (κ1) is 15.0. The summed E-state index contributed by atoms with van der Waals surface area (Å²) in [7, 11) is 0. The fourth-order valence-electron chi connectivity index (χ4n) is 1.91. The lowest BCUT2D eigenvalue weighted by molar-refractivity contribution is -0.144. The van der Waals surface area contributed by atoms with Crippen LogP contribution in [0.15, 0.2) is 48.5 Å². The topological polar surface area (TPSA) is 38.3 Å². The van der Waals surface area contributed by atoms with Gasteiger partial charge in [-0.05, 0) is 37.3 Å². The minimum absolute atomic E-state index is 0.181. The molecule has 1 N–H and O–H groups in total. The SMILES string of the molecule is CCOC(=O)C(Nc1ccc(F)cc1)c1ccccc1F. The van der Waals surface area contributed by atoms with Crippen LogP contribution in [0, 0.1) is 11.6 Å². The summed E-state index contributed by atoms with van der Waals surface area (Å²) in [5.74, 6) is -1.49. The quantitative estimate of drug-likeness (QED) is 0.854. The summed E-state index contributed by atoms with van der Waals surface area (Å²) in [4.78, 5) is 12.0. The third-order valence-corrected chi connectivity index (χ3v) is 2.89. The summed E-state index contributed by atoms with van der Waals surface area (Å²) < 4.78 is 31.8. The van der Waals surface area contributed by atoms with Gasteiger partial charge in [0.2, 0.25) is 0 Å². The Morgan fingerprint density at radius 3 is 2.43 bits per heavy atom. The molecular formula is C16H15F2NO2. The Kier molecular flexibility index (Phi) is 4.87. The molecule has 2 aromatic carbocycles. The predicted molar refractivity (Wildman–Crippen MR) is 75.8 cm³/mol.